The van der Waals surface area contributed by atoms with E-state index >= 15 is 0 Å². The summed E-state index contributed by atoms with van der Waals surface area (Å²) >= 11 is 18.1. The first-order chi connectivity index (χ1) is 11.2. The first-order valence-corrected chi connectivity index (χ1v) is 9.55. The zero-order valence-electron chi connectivity index (χ0n) is 12.7. The third-order valence-electron chi connectivity index (χ3n) is 3.27. The molecule has 1 saturated heterocycles. The van der Waals surface area contributed by atoms with Crippen molar-refractivity contribution >= 4 is 57.4 Å². The molecule has 0 bridgehead atoms. The molecular formula is C13H17Cl3N2O5S. The highest BCUT2D eigenvalue weighted by atomic mass is 35.5. The fraction of sp³-hybridized carbons (Fsp3) is 0.462. The van der Waals surface area contributed by atoms with Gasteiger partial charge in [-0.15, -0.1) is 0 Å². The normalized spacial score (nSPS) is 22.3. The molecule has 2 rings (SSSR count). The Labute approximate surface area is 156 Å². The van der Waals surface area contributed by atoms with E-state index in [1.807, 2.05) is 0 Å². The average Bonchev–Trinajstić information content (AvgIpc) is 2.43. The number of halogens is 3. The van der Waals surface area contributed by atoms with Gasteiger partial charge in [0.15, 0.2) is 0 Å². The van der Waals surface area contributed by atoms with Crippen LogP contribution in [0.2, 0.25) is 15.1 Å². The van der Waals surface area contributed by atoms with E-state index in [2.05, 4.69) is 0 Å². The molecule has 0 amide bonds. The van der Waals surface area contributed by atoms with Crippen LogP contribution in [0.15, 0.2) is 12.1 Å². The first kappa shape index (κ1) is 19.9. The number of carbonyl (C=O) groups is 1. The lowest BCUT2D eigenvalue weighted by Gasteiger charge is -2.54. The second-order valence-corrected chi connectivity index (χ2v) is 8.24. The Bertz CT molecular complexity index is 611. The molecule has 1 atom stereocenters. The van der Waals surface area contributed by atoms with Crippen LogP contribution in [0.1, 0.15) is 6.92 Å². The van der Waals surface area contributed by atoms with Crippen molar-refractivity contribution in [1.82, 2.24) is 4.31 Å². The van der Waals surface area contributed by atoms with Gasteiger partial charge in [0.2, 0.25) is 0 Å². The number of β-amino-alcohol motifs (C(OH)–C–C–N with tert-alkyl or cyclic N) is 1. The van der Waals surface area contributed by atoms with Crippen molar-refractivity contribution in [3.63, 3.8) is 0 Å². The van der Waals surface area contributed by atoms with Crippen LogP contribution in [-0.4, -0.2) is 56.8 Å². The van der Waals surface area contributed by atoms with Gasteiger partial charge >= 0.3 is 5.97 Å². The molecule has 0 saturated carbocycles. The van der Waals surface area contributed by atoms with Crippen molar-refractivity contribution < 1.29 is 23.7 Å². The molecular weight excluding hydrogens is 403 g/mol. The molecule has 24 heavy (non-hydrogen) atoms. The minimum atomic E-state index is -3.63. The lowest BCUT2D eigenvalue weighted by atomic mass is 10.3. The van der Waals surface area contributed by atoms with Gasteiger partial charge < -0.3 is 9.84 Å². The Kier molecular flexibility index (Phi) is 6.49. The number of nitrogens with zero attached hydrogens (tertiary/aromatic N) is 2. The van der Waals surface area contributed by atoms with Crippen molar-refractivity contribution in [1.29, 1.82) is 0 Å². The number of aliphatic hydroxyl groups excluding tert-OH is 1. The smallest absolute Gasteiger partial charge is 0.321 e. The maximum Gasteiger partial charge on any atom is 0.321 e. The zero-order chi connectivity index (χ0) is 18.1. The monoisotopic (exact) mass is 418 g/mol. The molecule has 0 spiro atoms. The molecule has 1 heterocycles. The van der Waals surface area contributed by atoms with E-state index in [1.165, 1.54) is 12.1 Å². The van der Waals surface area contributed by atoms with Crippen LogP contribution in [0, 0.1) is 0 Å². The molecule has 1 unspecified atom stereocenters. The summed E-state index contributed by atoms with van der Waals surface area (Å²) < 4.78 is 28.2. The Hall–Kier alpha value is -0.450. The second kappa shape index (κ2) is 7.84. The molecule has 11 heteroatoms. The fourth-order valence-corrected chi connectivity index (χ4v) is 5.18. The van der Waals surface area contributed by atoms with Gasteiger partial charge in [-0.05, 0) is 30.0 Å². The quantitative estimate of drug-likeness (QED) is 0.645. The van der Waals surface area contributed by atoms with Crippen LogP contribution in [0.4, 0.5) is 5.69 Å². The van der Waals surface area contributed by atoms with Crippen LogP contribution in [-0.2, 0) is 9.53 Å². The summed E-state index contributed by atoms with van der Waals surface area (Å²) in [6.45, 7) is 1.17. The van der Waals surface area contributed by atoms with Crippen LogP contribution in [0.25, 0.3) is 0 Å². The molecule has 0 aromatic heterocycles. The van der Waals surface area contributed by atoms with Crippen molar-refractivity contribution in [2.45, 2.75) is 13.0 Å². The molecule has 3 N–H and O–H groups in total. The minimum absolute atomic E-state index is 0.0951. The number of hydrogen-bond acceptors (Lipinski definition) is 7. The van der Waals surface area contributed by atoms with E-state index in [4.69, 9.17) is 39.5 Å². The van der Waals surface area contributed by atoms with E-state index in [1.54, 1.807) is 6.92 Å². The maximum atomic E-state index is 11.7. The highest BCUT2D eigenvalue weighted by molar-refractivity contribution is 8.23. The molecule has 1 aliphatic rings. The minimum Gasteiger partial charge on any atom is -0.465 e. The summed E-state index contributed by atoms with van der Waals surface area (Å²) in [6, 6.07) is 2.80. The van der Waals surface area contributed by atoms with E-state index in [9.17, 15) is 19.0 Å². The van der Waals surface area contributed by atoms with E-state index in [0.29, 0.717) is 0 Å². The Morgan fingerprint density at radius 3 is 2.42 bits per heavy atom. The van der Waals surface area contributed by atoms with Crippen LogP contribution < -0.4 is 4.31 Å². The molecule has 1 aromatic carbocycles. The van der Waals surface area contributed by atoms with Gasteiger partial charge in [-0.2, -0.15) is 4.31 Å². The molecule has 136 valence electrons. The summed E-state index contributed by atoms with van der Waals surface area (Å²) in [4.78, 5) is 11.7. The summed E-state index contributed by atoms with van der Waals surface area (Å²) in [5.74, 6) is -0.639. The first-order valence-electron chi connectivity index (χ1n) is 6.96. The van der Waals surface area contributed by atoms with Gasteiger partial charge in [0, 0.05) is 11.6 Å². The standard InChI is InChI=1S/C13H17Cl3N2O5S/c1-2-23-12(20)7-17-5-9(19)6-18(24(17,21)22)13-10(15)3-8(14)4-11(13)16/h3-4,9,19,21-22H,2,5-7H2,1H3. The summed E-state index contributed by atoms with van der Waals surface area (Å²) in [5.41, 5.74) is 0.121. The van der Waals surface area contributed by atoms with Crippen molar-refractivity contribution in [3.8, 4) is 0 Å². The number of hydrogen-bond donors (Lipinski definition) is 3. The van der Waals surface area contributed by atoms with E-state index in [-0.39, 0.29) is 40.5 Å². The van der Waals surface area contributed by atoms with Gasteiger partial charge in [0.05, 0.1) is 35.0 Å². The lowest BCUT2D eigenvalue weighted by Crippen LogP contribution is -2.54. The zero-order valence-corrected chi connectivity index (χ0v) is 15.7. The summed E-state index contributed by atoms with van der Waals surface area (Å²) in [6.07, 6.45) is -0.956. The van der Waals surface area contributed by atoms with Gasteiger partial charge in [-0.25, -0.2) is 0 Å². The van der Waals surface area contributed by atoms with Gasteiger partial charge in [-0.1, -0.05) is 34.8 Å². The predicted molar refractivity (Wildman–Crippen MR) is 95.9 cm³/mol. The molecule has 0 aliphatic carbocycles. The van der Waals surface area contributed by atoms with Crippen molar-refractivity contribution in [2.24, 2.45) is 0 Å². The highest BCUT2D eigenvalue weighted by Crippen LogP contribution is 2.55. The number of rotatable bonds is 4. The van der Waals surface area contributed by atoms with E-state index in [0.717, 1.165) is 8.61 Å². The van der Waals surface area contributed by atoms with Crippen molar-refractivity contribution in [2.75, 3.05) is 30.5 Å². The molecule has 7 nitrogen and oxygen atoms in total. The molecule has 1 aliphatic heterocycles. The number of anilines is 1. The predicted octanol–water partition coefficient (Wildman–Crippen LogP) is 3.27. The molecule has 1 fully saturated rings. The number of esters is 1. The number of ether oxygens (including phenoxy) is 1. The van der Waals surface area contributed by atoms with Crippen LogP contribution in [0.5, 0.6) is 0 Å². The Morgan fingerprint density at radius 2 is 1.88 bits per heavy atom. The van der Waals surface area contributed by atoms with Gasteiger partial charge in [0.25, 0.3) is 0 Å². The largest absolute Gasteiger partial charge is 0.465 e. The Morgan fingerprint density at radius 1 is 1.29 bits per heavy atom. The summed E-state index contributed by atoms with van der Waals surface area (Å²) in [7, 11) is -3.63. The highest BCUT2D eigenvalue weighted by Gasteiger charge is 2.41. The molecule has 0 radical (unpaired) electrons. The van der Waals surface area contributed by atoms with E-state index < -0.39 is 29.6 Å². The van der Waals surface area contributed by atoms with Crippen LogP contribution in [0.3, 0.4) is 0 Å². The second-order valence-electron chi connectivity index (χ2n) is 5.05. The third kappa shape index (κ3) is 4.20. The van der Waals surface area contributed by atoms with Crippen LogP contribution >= 0.6 is 45.8 Å². The van der Waals surface area contributed by atoms with Gasteiger partial charge in [0.1, 0.15) is 6.54 Å². The maximum absolute atomic E-state index is 11.7. The number of carbonyl (C=O) groups excluding carboxylic acids is 1. The number of aliphatic hydroxyl groups is 1. The van der Waals surface area contributed by atoms with Crippen molar-refractivity contribution in [3.05, 3.63) is 27.2 Å². The summed E-state index contributed by atoms with van der Waals surface area (Å²) in [5, 5.41) is 10.5. The Balaban J connectivity index is 2.37. The molecule has 1 aromatic rings. The average molecular weight is 420 g/mol. The third-order valence-corrected chi connectivity index (χ3v) is 5.96. The SMILES string of the molecule is CCOC(=O)CN1CC(O)CN(c2c(Cl)cc(Cl)cc2Cl)S1(O)O. The van der Waals surface area contributed by atoms with Gasteiger partial charge in [-0.3, -0.25) is 18.2 Å². The number of benzene rings is 1. The topological polar surface area (TPSA) is 93.5 Å². The lowest BCUT2D eigenvalue weighted by molar-refractivity contribution is -0.143. The fourth-order valence-electron chi connectivity index (χ4n) is 2.31.